The van der Waals surface area contributed by atoms with Crippen molar-refractivity contribution in [3.05, 3.63) is 29.5 Å². The molecule has 2 N–H and O–H groups in total. The number of hydrogen-bond donors (Lipinski definition) is 1. The quantitative estimate of drug-likeness (QED) is 0.853. The molecule has 0 aliphatic heterocycles. The molecule has 6 heteroatoms. The molecule has 0 fully saturated rings. The minimum Gasteiger partial charge on any atom is -0.320 e. The second-order valence-electron chi connectivity index (χ2n) is 4.89. The summed E-state index contributed by atoms with van der Waals surface area (Å²) in [6.45, 7) is 3.43. The van der Waals surface area contributed by atoms with Gasteiger partial charge in [-0.1, -0.05) is 12.1 Å². The first-order valence-corrected chi connectivity index (χ1v) is 5.44. The fourth-order valence-electron chi connectivity index (χ4n) is 2.04. The van der Waals surface area contributed by atoms with E-state index in [1.807, 2.05) is 0 Å². The number of alkyl halides is 3. The number of nitrogens with two attached hydrogens (primary N) is 1. The molecule has 0 aliphatic rings. The molecule has 0 aliphatic carbocycles. The molecule has 2 rings (SSSR count). The molecular weight excluding hydrogens is 243 g/mol. The van der Waals surface area contributed by atoms with Gasteiger partial charge in [0.05, 0.1) is 22.3 Å². The van der Waals surface area contributed by atoms with Gasteiger partial charge in [0.2, 0.25) is 0 Å². The molecule has 1 aromatic heterocycles. The van der Waals surface area contributed by atoms with Gasteiger partial charge in [0.25, 0.3) is 0 Å². The van der Waals surface area contributed by atoms with Crippen molar-refractivity contribution in [2.24, 2.45) is 12.8 Å². The van der Waals surface area contributed by atoms with Gasteiger partial charge in [-0.15, -0.1) is 0 Å². The zero-order chi connectivity index (χ0) is 13.7. The fraction of sp³-hybridized carbons (Fsp3) is 0.417. The lowest BCUT2D eigenvalue weighted by Crippen LogP contribution is -2.29. The molecule has 0 spiro atoms. The summed E-state index contributed by atoms with van der Waals surface area (Å²) in [6, 6.07) is 4.04. The Hall–Kier alpha value is -1.56. The topological polar surface area (TPSA) is 43.8 Å². The third kappa shape index (κ3) is 1.96. The third-order valence-electron chi connectivity index (χ3n) is 2.78. The van der Waals surface area contributed by atoms with Gasteiger partial charge >= 0.3 is 6.18 Å². The number of benzene rings is 1. The standard InChI is InChI=1S/C12H14F3N3/c1-11(2,16)10-7-5-4-6-8(12(13,14)15)9(7)18(3)17-10/h4-6H,16H2,1-3H3. The summed E-state index contributed by atoms with van der Waals surface area (Å²) in [7, 11) is 1.49. The number of halogens is 3. The first kappa shape index (κ1) is 12.9. The van der Waals surface area contributed by atoms with E-state index in [0.717, 1.165) is 6.07 Å². The maximum Gasteiger partial charge on any atom is 0.418 e. The van der Waals surface area contributed by atoms with Gasteiger partial charge in [-0.05, 0) is 19.9 Å². The van der Waals surface area contributed by atoms with Crippen LogP contribution in [0.3, 0.4) is 0 Å². The van der Waals surface area contributed by atoms with Gasteiger partial charge in [-0.25, -0.2) is 0 Å². The highest BCUT2D eigenvalue weighted by Gasteiger charge is 2.35. The van der Waals surface area contributed by atoms with Crippen molar-refractivity contribution >= 4 is 10.9 Å². The van der Waals surface area contributed by atoms with Crippen molar-refractivity contribution in [3.8, 4) is 0 Å². The summed E-state index contributed by atoms with van der Waals surface area (Å²) >= 11 is 0. The lowest BCUT2D eigenvalue weighted by molar-refractivity contribution is -0.136. The smallest absolute Gasteiger partial charge is 0.320 e. The average molecular weight is 257 g/mol. The van der Waals surface area contributed by atoms with E-state index in [-0.39, 0.29) is 5.52 Å². The number of nitrogens with zero attached hydrogens (tertiary/aromatic N) is 2. The number of hydrogen-bond acceptors (Lipinski definition) is 2. The number of aromatic nitrogens is 2. The summed E-state index contributed by atoms with van der Waals surface area (Å²) in [6.07, 6.45) is -4.40. The molecule has 0 radical (unpaired) electrons. The maximum atomic E-state index is 12.9. The van der Waals surface area contributed by atoms with Crippen LogP contribution in [0.1, 0.15) is 25.1 Å². The molecule has 1 heterocycles. The zero-order valence-corrected chi connectivity index (χ0v) is 10.3. The van der Waals surface area contributed by atoms with Crippen LogP contribution < -0.4 is 5.73 Å². The predicted octanol–water partition coefficient (Wildman–Crippen LogP) is 2.79. The van der Waals surface area contributed by atoms with Gasteiger partial charge in [-0.3, -0.25) is 4.68 Å². The number of para-hydroxylation sites is 1. The third-order valence-corrected chi connectivity index (χ3v) is 2.78. The summed E-state index contributed by atoms with van der Waals surface area (Å²) < 4.78 is 40.0. The molecule has 98 valence electrons. The van der Waals surface area contributed by atoms with E-state index in [2.05, 4.69) is 5.10 Å². The molecule has 0 saturated heterocycles. The Labute approximate surface area is 102 Å². The Balaban J connectivity index is 2.85. The van der Waals surface area contributed by atoms with Crippen LogP contribution in [0, 0.1) is 0 Å². The van der Waals surface area contributed by atoms with E-state index in [1.54, 1.807) is 19.9 Å². The van der Waals surface area contributed by atoms with Gasteiger partial charge in [0, 0.05) is 12.4 Å². The van der Waals surface area contributed by atoms with Crippen molar-refractivity contribution < 1.29 is 13.2 Å². The van der Waals surface area contributed by atoms with E-state index < -0.39 is 17.3 Å². The highest BCUT2D eigenvalue weighted by atomic mass is 19.4. The van der Waals surface area contributed by atoms with E-state index in [4.69, 9.17) is 5.73 Å². The Morgan fingerprint density at radius 1 is 1.22 bits per heavy atom. The second kappa shape index (κ2) is 3.71. The lowest BCUT2D eigenvalue weighted by Gasteiger charge is -2.15. The molecule has 0 bridgehead atoms. The van der Waals surface area contributed by atoms with Gasteiger partial charge in [0.1, 0.15) is 0 Å². The van der Waals surface area contributed by atoms with Crippen LogP contribution in [0.15, 0.2) is 18.2 Å². The Morgan fingerprint density at radius 2 is 1.83 bits per heavy atom. The van der Waals surface area contributed by atoms with Crippen LogP contribution in [0.4, 0.5) is 13.2 Å². The Morgan fingerprint density at radius 3 is 2.33 bits per heavy atom. The number of rotatable bonds is 1. The normalized spacial score (nSPS) is 13.3. The minimum atomic E-state index is -4.40. The monoisotopic (exact) mass is 257 g/mol. The average Bonchev–Trinajstić information content (AvgIpc) is 2.54. The molecule has 18 heavy (non-hydrogen) atoms. The van der Waals surface area contributed by atoms with Crippen LogP contribution in [0.25, 0.3) is 10.9 Å². The molecule has 0 saturated carbocycles. The Bertz CT molecular complexity index is 591. The number of aryl methyl sites for hydroxylation is 1. The highest BCUT2D eigenvalue weighted by molar-refractivity contribution is 5.86. The molecule has 0 atom stereocenters. The molecule has 3 nitrogen and oxygen atoms in total. The van der Waals surface area contributed by atoms with Crippen LogP contribution in [0.5, 0.6) is 0 Å². The van der Waals surface area contributed by atoms with Crippen LogP contribution in [0.2, 0.25) is 0 Å². The van der Waals surface area contributed by atoms with Crippen molar-refractivity contribution in [2.75, 3.05) is 0 Å². The van der Waals surface area contributed by atoms with Crippen molar-refractivity contribution in [2.45, 2.75) is 25.6 Å². The van der Waals surface area contributed by atoms with E-state index in [1.165, 1.54) is 17.8 Å². The highest BCUT2D eigenvalue weighted by Crippen LogP contribution is 2.36. The molecule has 0 unspecified atom stereocenters. The van der Waals surface area contributed by atoms with Gasteiger partial charge in [0.15, 0.2) is 0 Å². The largest absolute Gasteiger partial charge is 0.418 e. The summed E-state index contributed by atoms with van der Waals surface area (Å²) in [5.41, 5.74) is 4.99. The predicted molar refractivity (Wildman–Crippen MR) is 62.9 cm³/mol. The first-order chi connectivity index (χ1) is 8.12. The number of fused-ring (bicyclic) bond motifs is 1. The summed E-state index contributed by atoms with van der Waals surface area (Å²) in [5.74, 6) is 0. The maximum absolute atomic E-state index is 12.9. The van der Waals surface area contributed by atoms with Crippen LogP contribution >= 0.6 is 0 Å². The van der Waals surface area contributed by atoms with E-state index >= 15 is 0 Å². The van der Waals surface area contributed by atoms with Crippen molar-refractivity contribution in [1.29, 1.82) is 0 Å². The van der Waals surface area contributed by atoms with Crippen molar-refractivity contribution in [3.63, 3.8) is 0 Å². The molecule has 0 amide bonds. The lowest BCUT2D eigenvalue weighted by atomic mass is 9.97. The molecule has 2 aromatic rings. The van der Waals surface area contributed by atoms with Crippen LogP contribution in [-0.2, 0) is 18.8 Å². The van der Waals surface area contributed by atoms with Gasteiger partial charge < -0.3 is 5.73 Å². The summed E-state index contributed by atoms with van der Waals surface area (Å²) in [5, 5.41) is 4.57. The second-order valence-corrected chi connectivity index (χ2v) is 4.89. The SMILES string of the molecule is Cn1nc(C(C)(C)N)c2cccc(C(F)(F)F)c21. The van der Waals surface area contributed by atoms with E-state index in [9.17, 15) is 13.2 Å². The zero-order valence-electron chi connectivity index (χ0n) is 10.3. The van der Waals surface area contributed by atoms with Gasteiger partial charge in [-0.2, -0.15) is 18.3 Å². The minimum absolute atomic E-state index is 0.0681. The molecular formula is C12H14F3N3. The first-order valence-electron chi connectivity index (χ1n) is 5.44. The van der Waals surface area contributed by atoms with E-state index in [0.29, 0.717) is 11.1 Å². The summed E-state index contributed by atoms with van der Waals surface area (Å²) in [4.78, 5) is 0. The fourth-order valence-corrected chi connectivity index (χ4v) is 2.04. The molecule has 1 aromatic carbocycles. The van der Waals surface area contributed by atoms with Crippen LogP contribution in [-0.4, -0.2) is 9.78 Å². The van der Waals surface area contributed by atoms with Crippen molar-refractivity contribution in [1.82, 2.24) is 9.78 Å². The Kier molecular flexibility index (Phi) is 2.66.